The lowest BCUT2D eigenvalue weighted by Crippen LogP contribution is -2.09. The fraction of sp³-hybridized carbons (Fsp3) is 0.273. The predicted octanol–water partition coefficient (Wildman–Crippen LogP) is 2.65. The summed E-state index contributed by atoms with van der Waals surface area (Å²) < 4.78 is 38.2. The molecule has 2 heterocycles. The van der Waals surface area contributed by atoms with Gasteiger partial charge in [0.1, 0.15) is 0 Å². The van der Waals surface area contributed by atoms with Crippen molar-refractivity contribution in [2.75, 3.05) is 0 Å². The third-order valence-corrected chi connectivity index (χ3v) is 2.20. The van der Waals surface area contributed by atoms with Gasteiger partial charge in [-0.1, -0.05) is 6.07 Å². The highest BCUT2D eigenvalue weighted by atomic mass is 19.4. The SMILES string of the molecule is Cc1cccc(Cn2ccc(C(F)(F)F)n2)n1. The lowest BCUT2D eigenvalue weighted by Gasteiger charge is -2.03. The molecule has 2 aromatic heterocycles. The molecule has 6 heteroatoms. The first kappa shape index (κ1) is 11.6. The Labute approximate surface area is 95.9 Å². The van der Waals surface area contributed by atoms with Crippen LogP contribution in [0.4, 0.5) is 13.2 Å². The molecule has 0 N–H and O–H groups in total. The number of halogens is 3. The second kappa shape index (κ2) is 4.20. The third-order valence-electron chi connectivity index (χ3n) is 2.20. The number of pyridine rings is 1. The minimum absolute atomic E-state index is 0.234. The molecule has 0 spiro atoms. The highest BCUT2D eigenvalue weighted by Crippen LogP contribution is 2.27. The van der Waals surface area contributed by atoms with E-state index in [4.69, 9.17) is 0 Å². The van der Waals surface area contributed by atoms with Gasteiger partial charge in [-0.25, -0.2) is 0 Å². The molecule has 90 valence electrons. The van der Waals surface area contributed by atoms with Gasteiger partial charge in [0, 0.05) is 11.9 Å². The Kier molecular flexibility index (Phi) is 2.87. The van der Waals surface area contributed by atoms with Crippen molar-refractivity contribution in [3.63, 3.8) is 0 Å². The predicted molar refractivity (Wildman–Crippen MR) is 55.3 cm³/mol. The van der Waals surface area contributed by atoms with Crippen molar-refractivity contribution in [2.24, 2.45) is 0 Å². The molecule has 17 heavy (non-hydrogen) atoms. The summed E-state index contributed by atoms with van der Waals surface area (Å²) in [5, 5.41) is 3.46. The summed E-state index contributed by atoms with van der Waals surface area (Å²) in [6, 6.07) is 6.34. The van der Waals surface area contributed by atoms with Crippen molar-refractivity contribution in [2.45, 2.75) is 19.6 Å². The molecule has 3 nitrogen and oxygen atoms in total. The van der Waals surface area contributed by atoms with Crippen LogP contribution in [0.2, 0.25) is 0 Å². The van der Waals surface area contributed by atoms with Crippen molar-refractivity contribution in [3.8, 4) is 0 Å². The molecule has 0 aliphatic rings. The molecule has 0 aliphatic heterocycles. The number of alkyl halides is 3. The van der Waals surface area contributed by atoms with Crippen molar-refractivity contribution < 1.29 is 13.2 Å². The van der Waals surface area contributed by atoms with Gasteiger partial charge in [0.05, 0.1) is 12.2 Å². The fourth-order valence-electron chi connectivity index (χ4n) is 1.45. The number of rotatable bonds is 2. The Morgan fingerprint density at radius 2 is 2.00 bits per heavy atom. The van der Waals surface area contributed by atoms with Gasteiger partial charge in [-0.05, 0) is 25.1 Å². The first-order chi connectivity index (χ1) is 7.95. The largest absolute Gasteiger partial charge is 0.435 e. The smallest absolute Gasteiger partial charge is 0.266 e. The van der Waals surface area contributed by atoms with E-state index in [1.54, 1.807) is 6.07 Å². The average Bonchev–Trinajstić information content (AvgIpc) is 2.65. The maximum Gasteiger partial charge on any atom is 0.435 e. The van der Waals surface area contributed by atoms with Crippen LogP contribution < -0.4 is 0 Å². The van der Waals surface area contributed by atoms with Crippen LogP contribution in [-0.2, 0) is 12.7 Å². The molecule has 0 amide bonds. The lowest BCUT2D eigenvalue weighted by atomic mass is 10.3. The quantitative estimate of drug-likeness (QED) is 0.809. The standard InChI is InChI=1S/C11H10F3N3/c1-8-3-2-4-9(15-8)7-17-6-5-10(16-17)11(12,13)14/h2-6H,7H2,1H3. The lowest BCUT2D eigenvalue weighted by molar-refractivity contribution is -0.141. The highest BCUT2D eigenvalue weighted by Gasteiger charge is 2.33. The molecule has 0 saturated heterocycles. The van der Waals surface area contributed by atoms with Gasteiger partial charge in [0.15, 0.2) is 5.69 Å². The van der Waals surface area contributed by atoms with Crippen molar-refractivity contribution in [1.29, 1.82) is 0 Å². The molecule has 0 atom stereocenters. The summed E-state index contributed by atoms with van der Waals surface area (Å²) in [4.78, 5) is 4.20. The topological polar surface area (TPSA) is 30.7 Å². The Bertz CT molecular complexity index is 517. The van der Waals surface area contributed by atoms with Crippen LogP contribution in [0.25, 0.3) is 0 Å². The van der Waals surface area contributed by atoms with Gasteiger partial charge in [-0.3, -0.25) is 9.67 Å². The van der Waals surface area contributed by atoms with Crippen LogP contribution in [0, 0.1) is 6.92 Å². The average molecular weight is 241 g/mol. The summed E-state index contributed by atoms with van der Waals surface area (Å²) in [5.74, 6) is 0. The summed E-state index contributed by atoms with van der Waals surface area (Å²) >= 11 is 0. The van der Waals surface area contributed by atoms with Crippen molar-refractivity contribution in [3.05, 3.63) is 47.5 Å². The maximum absolute atomic E-state index is 12.3. The van der Waals surface area contributed by atoms with E-state index in [0.29, 0.717) is 5.69 Å². The number of nitrogens with zero attached hydrogens (tertiary/aromatic N) is 3. The minimum Gasteiger partial charge on any atom is -0.266 e. The van der Waals surface area contributed by atoms with E-state index in [-0.39, 0.29) is 6.54 Å². The number of hydrogen-bond acceptors (Lipinski definition) is 2. The van der Waals surface area contributed by atoms with Crippen LogP contribution >= 0.6 is 0 Å². The Morgan fingerprint density at radius 3 is 2.59 bits per heavy atom. The molecule has 2 rings (SSSR count). The molecule has 0 unspecified atom stereocenters. The van der Waals surface area contributed by atoms with E-state index in [1.807, 2.05) is 19.1 Å². The fourth-order valence-corrected chi connectivity index (χ4v) is 1.45. The van der Waals surface area contributed by atoms with Gasteiger partial charge in [-0.15, -0.1) is 0 Å². The maximum atomic E-state index is 12.3. The van der Waals surface area contributed by atoms with Gasteiger partial charge in [0.2, 0.25) is 0 Å². The van der Waals surface area contributed by atoms with E-state index in [9.17, 15) is 13.2 Å². The van der Waals surface area contributed by atoms with Crippen LogP contribution in [0.1, 0.15) is 17.1 Å². The normalized spacial score (nSPS) is 11.8. The van der Waals surface area contributed by atoms with Crippen molar-refractivity contribution >= 4 is 0 Å². The Hall–Kier alpha value is -1.85. The summed E-state index contributed by atoms with van der Waals surface area (Å²) in [6.45, 7) is 2.06. The molecule has 0 fully saturated rings. The summed E-state index contributed by atoms with van der Waals surface area (Å²) in [7, 11) is 0. The molecule has 0 aliphatic carbocycles. The van der Waals surface area contributed by atoms with Crippen LogP contribution in [0.5, 0.6) is 0 Å². The zero-order valence-corrected chi connectivity index (χ0v) is 9.07. The van der Waals surface area contributed by atoms with Gasteiger partial charge in [-0.2, -0.15) is 18.3 Å². The first-order valence-electron chi connectivity index (χ1n) is 4.98. The van der Waals surface area contributed by atoms with E-state index in [1.165, 1.54) is 10.9 Å². The van der Waals surface area contributed by atoms with Gasteiger partial charge in [0.25, 0.3) is 0 Å². The molecular formula is C11H10F3N3. The molecule has 0 saturated carbocycles. The second-order valence-electron chi connectivity index (χ2n) is 3.67. The van der Waals surface area contributed by atoms with Crippen molar-refractivity contribution in [1.82, 2.24) is 14.8 Å². The highest BCUT2D eigenvalue weighted by molar-refractivity contribution is 5.11. The summed E-state index contributed by atoms with van der Waals surface area (Å²) in [5.41, 5.74) is 0.623. The third kappa shape index (κ3) is 2.83. The van der Waals surface area contributed by atoms with Crippen LogP contribution in [0.15, 0.2) is 30.5 Å². The monoisotopic (exact) mass is 241 g/mol. The number of aryl methyl sites for hydroxylation is 1. The second-order valence-corrected chi connectivity index (χ2v) is 3.67. The zero-order chi connectivity index (χ0) is 12.5. The Balaban J connectivity index is 2.17. The molecule has 0 bridgehead atoms. The number of hydrogen-bond donors (Lipinski definition) is 0. The van der Waals surface area contributed by atoms with Gasteiger partial charge >= 0.3 is 6.18 Å². The van der Waals surface area contributed by atoms with E-state index >= 15 is 0 Å². The first-order valence-corrected chi connectivity index (χ1v) is 4.98. The molecular weight excluding hydrogens is 231 g/mol. The zero-order valence-electron chi connectivity index (χ0n) is 9.07. The minimum atomic E-state index is -4.40. The van der Waals surface area contributed by atoms with E-state index in [2.05, 4.69) is 10.1 Å². The Morgan fingerprint density at radius 1 is 1.24 bits per heavy atom. The number of aromatic nitrogens is 3. The molecule has 0 radical (unpaired) electrons. The summed E-state index contributed by atoms with van der Waals surface area (Å²) in [6.07, 6.45) is -3.10. The molecule has 2 aromatic rings. The van der Waals surface area contributed by atoms with E-state index < -0.39 is 11.9 Å². The van der Waals surface area contributed by atoms with Crippen LogP contribution in [0.3, 0.4) is 0 Å². The van der Waals surface area contributed by atoms with Crippen LogP contribution in [-0.4, -0.2) is 14.8 Å². The van der Waals surface area contributed by atoms with Gasteiger partial charge < -0.3 is 0 Å². The molecule has 0 aromatic carbocycles. The van der Waals surface area contributed by atoms with E-state index in [0.717, 1.165) is 11.8 Å².